The van der Waals surface area contributed by atoms with Crippen LogP contribution in [0.2, 0.25) is 0 Å². The fourth-order valence-corrected chi connectivity index (χ4v) is 9.86. The number of ether oxygens (including phenoxy) is 1. The number of unbranched alkanes of at least 4 members (excludes halogenated alkanes) is 20. The van der Waals surface area contributed by atoms with Crippen molar-refractivity contribution in [2.75, 3.05) is 0 Å². The monoisotopic (exact) mass is 955 g/mol. The molecular weight excluding hydrogens is 865 g/mol. The highest BCUT2D eigenvalue weighted by molar-refractivity contribution is 5.59. The van der Waals surface area contributed by atoms with Crippen molar-refractivity contribution in [3.05, 3.63) is 167 Å². The molecule has 0 aliphatic rings. The molecule has 0 aliphatic heterocycles. The lowest BCUT2D eigenvalue weighted by molar-refractivity contribution is 0.0258. The van der Waals surface area contributed by atoms with Gasteiger partial charge in [-0.25, -0.2) is 0 Å². The molecule has 2 aromatic heterocycles. The molecule has 0 spiro atoms. The zero-order valence-electron chi connectivity index (χ0n) is 44.7. The molecule has 0 amide bonds. The molecule has 2 heterocycles. The molecule has 0 aliphatic carbocycles. The molecule has 0 bridgehead atoms. The molecule has 6 aromatic rings. The molecule has 5 heteroatoms. The Bertz CT molecular complexity index is 2100. The fourth-order valence-electron chi connectivity index (χ4n) is 9.86. The average molecular weight is 955 g/mol. The van der Waals surface area contributed by atoms with E-state index in [4.69, 9.17) is 24.7 Å². The molecule has 0 saturated carbocycles. The zero-order chi connectivity index (χ0) is 49.6. The van der Waals surface area contributed by atoms with Crippen LogP contribution in [-0.4, -0.2) is 19.9 Å². The van der Waals surface area contributed by atoms with E-state index in [2.05, 4.69) is 125 Å². The van der Waals surface area contributed by atoms with Crippen LogP contribution in [0.15, 0.2) is 122 Å². The van der Waals surface area contributed by atoms with Gasteiger partial charge in [-0.1, -0.05) is 253 Å². The lowest BCUT2D eigenvalue weighted by atomic mass is 9.99. The van der Waals surface area contributed by atoms with Crippen molar-refractivity contribution in [1.82, 2.24) is 19.9 Å². The number of hydrogen-bond donors (Lipinski definition) is 0. The minimum absolute atomic E-state index is 0.492. The van der Waals surface area contributed by atoms with Crippen molar-refractivity contribution in [2.45, 2.75) is 220 Å². The number of hydrogen-bond acceptors (Lipinski definition) is 5. The average Bonchev–Trinajstić information content (AvgIpc) is 3.42. The number of nitrogens with zero attached hydrogens (tertiary/aromatic N) is 4. The molecule has 380 valence electrons. The first-order valence-corrected chi connectivity index (χ1v) is 28.7. The number of aryl methyl sites for hydroxylation is 4. The van der Waals surface area contributed by atoms with Gasteiger partial charge in [0.2, 0.25) is 0 Å². The first-order chi connectivity index (χ1) is 35.1. The summed E-state index contributed by atoms with van der Waals surface area (Å²) in [5, 5.41) is 0. The Labute approximate surface area is 431 Å². The largest absolute Gasteiger partial charge is 0.353 e. The number of rotatable bonds is 36. The first kappa shape index (κ1) is 55.3. The summed E-state index contributed by atoms with van der Waals surface area (Å²) in [5.41, 5.74) is 13.0. The molecule has 2 unspecified atom stereocenters. The SMILES string of the molecule is CCCCCCCCCc1ccc(-c2cnc(C(OC(c3ccc(CCCCCCC)cc3)c3cnc(-c4ccc(CCCCCCCCC)cc4)cn3)c3ccc(CCCCCCC)cc3)cn2)cc1. The van der Waals surface area contributed by atoms with E-state index >= 15 is 0 Å². The van der Waals surface area contributed by atoms with Crippen LogP contribution >= 0.6 is 0 Å². The van der Waals surface area contributed by atoms with E-state index in [0.717, 1.165) is 70.7 Å². The fraction of sp³-hybridized carbons (Fsp3) is 0.515. The van der Waals surface area contributed by atoms with Gasteiger partial charge in [0.05, 0.1) is 47.6 Å². The summed E-state index contributed by atoms with van der Waals surface area (Å²) in [6.45, 7) is 9.12. The minimum Gasteiger partial charge on any atom is -0.353 e. The normalized spacial score (nSPS) is 12.3. The van der Waals surface area contributed by atoms with Crippen LogP contribution in [0.25, 0.3) is 22.5 Å². The van der Waals surface area contributed by atoms with Crippen molar-refractivity contribution < 1.29 is 4.74 Å². The van der Waals surface area contributed by atoms with Gasteiger partial charge in [0.1, 0.15) is 12.2 Å². The summed E-state index contributed by atoms with van der Waals surface area (Å²) in [7, 11) is 0. The zero-order valence-corrected chi connectivity index (χ0v) is 44.7. The Hall–Kier alpha value is -5.00. The van der Waals surface area contributed by atoms with E-state index in [1.165, 1.54) is 176 Å². The molecule has 6 rings (SSSR count). The summed E-state index contributed by atoms with van der Waals surface area (Å²) in [4.78, 5) is 20.4. The van der Waals surface area contributed by atoms with E-state index in [-0.39, 0.29) is 0 Å². The van der Waals surface area contributed by atoms with Crippen LogP contribution in [0, 0.1) is 0 Å². The molecule has 0 fully saturated rings. The van der Waals surface area contributed by atoms with Crippen molar-refractivity contribution in [3.8, 4) is 22.5 Å². The van der Waals surface area contributed by atoms with Gasteiger partial charge >= 0.3 is 0 Å². The van der Waals surface area contributed by atoms with Gasteiger partial charge in [-0.15, -0.1) is 0 Å². The van der Waals surface area contributed by atoms with Crippen molar-refractivity contribution >= 4 is 0 Å². The van der Waals surface area contributed by atoms with E-state index in [0.29, 0.717) is 0 Å². The Balaban J connectivity index is 1.23. The van der Waals surface area contributed by atoms with Gasteiger partial charge in [0.25, 0.3) is 0 Å². The Morgan fingerprint density at radius 3 is 0.831 bits per heavy atom. The van der Waals surface area contributed by atoms with Gasteiger partial charge in [0.15, 0.2) is 0 Å². The van der Waals surface area contributed by atoms with Crippen molar-refractivity contribution in [2.24, 2.45) is 0 Å². The Morgan fingerprint density at radius 2 is 0.563 bits per heavy atom. The van der Waals surface area contributed by atoms with E-state index in [1.54, 1.807) is 0 Å². The summed E-state index contributed by atoms with van der Waals surface area (Å²) in [6.07, 6.45) is 42.4. The van der Waals surface area contributed by atoms with Crippen molar-refractivity contribution in [3.63, 3.8) is 0 Å². The topological polar surface area (TPSA) is 60.8 Å². The second-order valence-electron chi connectivity index (χ2n) is 20.5. The highest BCUT2D eigenvalue weighted by Gasteiger charge is 2.26. The Morgan fingerprint density at radius 1 is 0.296 bits per heavy atom. The standard InChI is InChI=1S/C66H90N4O/c1-5-9-13-17-19-23-27-31-53-33-41-57(42-34-53)61-49-69-63(51-67-61)65(59-45-37-55(38-46-59)29-25-21-15-11-7-3)71-66(60-47-39-56(40-48-60)30-26-22-16-12-8-4)64-52-68-62(50-70-64)58-43-35-54(36-44-58)32-28-24-20-18-14-10-6-2/h33-52,65-66H,5-32H2,1-4H3. The summed E-state index contributed by atoms with van der Waals surface area (Å²) in [6, 6.07) is 35.9. The van der Waals surface area contributed by atoms with Gasteiger partial charge in [-0.3, -0.25) is 19.9 Å². The van der Waals surface area contributed by atoms with E-state index in [1.807, 2.05) is 24.8 Å². The first-order valence-electron chi connectivity index (χ1n) is 28.7. The predicted octanol–water partition coefficient (Wildman–Crippen LogP) is 19.1. The maximum absolute atomic E-state index is 7.39. The molecule has 71 heavy (non-hydrogen) atoms. The molecule has 0 saturated heterocycles. The van der Waals surface area contributed by atoms with Gasteiger partial charge in [0, 0.05) is 11.1 Å². The Kier molecular flexibility index (Phi) is 25.6. The lowest BCUT2D eigenvalue weighted by Crippen LogP contribution is -2.16. The lowest BCUT2D eigenvalue weighted by Gasteiger charge is -2.25. The second-order valence-corrected chi connectivity index (χ2v) is 20.5. The highest BCUT2D eigenvalue weighted by Crippen LogP contribution is 2.36. The molecule has 2 atom stereocenters. The third-order valence-corrected chi connectivity index (χ3v) is 14.5. The number of benzene rings is 4. The third-order valence-electron chi connectivity index (χ3n) is 14.5. The minimum atomic E-state index is -0.492. The van der Waals surface area contributed by atoms with Crippen LogP contribution < -0.4 is 0 Å². The molecule has 0 N–H and O–H groups in total. The molecule has 5 nitrogen and oxygen atoms in total. The quantitative estimate of drug-likeness (QED) is 0.0367. The van der Waals surface area contributed by atoms with Crippen LogP contribution in [0.4, 0.5) is 0 Å². The van der Waals surface area contributed by atoms with Crippen LogP contribution in [0.5, 0.6) is 0 Å². The second kappa shape index (κ2) is 32.9. The highest BCUT2D eigenvalue weighted by atomic mass is 16.5. The van der Waals surface area contributed by atoms with Crippen LogP contribution in [-0.2, 0) is 30.4 Å². The molecular formula is C66H90N4O. The smallest absolute Gasteiger partial charge is 0.127 e. The van der Waals surface area contributed by atoms with Crippen LogP contribution in [0.3, 0.4) is 0 Å². The summed E-state index contributed by atoms with van der Waals surface area (Å²) < 4.78 is 7.39. The van der Waals surface area contributed by atoms with Gasteiger partial charge in [-0.2, -0.15) is 0 Å². The molecule has 4 aromatic carbocycles. The van der Waals surface area contributed by atoms with E-state index in [9.17, 15) is 0 Å². The summed E-state index contributed by atoms with van der Waals surface area (Å²) in [5.74, 6) is 0. The van der Waals surface area contributed by atoms with Gasteiger partial charge in [-0.05, 0) is 84.7 Å². The number of aromatic nitrogens is 4. The van der Waals surface area contributed by atoms with Gasteiger partial charge < -0.3 is 4.74 Å². The molecule has 0 radical (unpaired) electrons. The maximum Gasteiger partial charge on any atom is 0.127 e. The summed E-state index contributed by atoms with van der Waals surface area (Å²) >= 11 is 0. The van der Waals surface area contributed by atoms with Crippen LogP contribution in [0.1, 0.15) is 239 Å². The maximum atomic E-state index is 7.39. The third kappa shape index (κ3) is 19.5. The van der Waals surface area contributed by atoms with E-state index < -0.39 is 12.2 Å². The predicted molar refractivity (Wildman–Crippen MR) is 301 cm³/mol. The van der Waals surface area contributed by atoms with Crippen molar-refractivity contribution in [1.29, 1.82) is 0 Å².